The number of amides is 2. The molecular weight excluding hydrogens is 486 g/mol. The number of halogens is 1. The van der Waals surface area contributed by atoms with Crippen molar-refractivity contribution in [2.45, 2.75) is 26.4 Å². The van der Waals surface area contributed by atoms with Crippen molar-refractivity contribution in [3.63, 3.8) is 0 Å². The van der Waals surface area contributed by atoms with Crippen LogP contribution in [-0.4, -0.2) is 34.5 Å². The maximum absolute atomic E-state index is 13.1. The zero-order chi connectivity index (χ0) is 25.8. The fraction of sp³-hybridized carbons (Fsp3) is 0.207. The van der Waals surface area contributed by atoms with Gasteiger partial charge in [0.2, 0.25) is 11.8 Å². The van der Waals surface area contributed by atoms with Crippen LogP contribution in [0.15, 0.2) is 78.9 Å². The molecule has 188 valence electrons. The molecule has 0 spiro atoms. The van der Waals surface area contributed by atoms with Gasteiger partial charge in [-0.15, -0.1) is 0 Å². The van der Waals surface area contributed by atoms with E-state index < -0.39 is 0 Å². The van der Waals surface area contributed by atoms with Gasteiger partial charge in [0.05, 0.1) is 17.8 Å². The quantitative estimate of drug-likeness (QED) is 0.320. The lowest BCUT2D eigenvalue weighted by Gasteiger charge is -2.30. The molecule has 37 heavy (non-hydrogen) atoms. The molecule has 0 aliphatic carbocycles. The summed E-state index contributed by atoms with van der Waals surface area (Å²) in [6.45, 7) is 3.53. The Hall–Kier alpha value is -4.10. The number of benzene rings is 3. The van der Waals surface area contributed by atoms with Crippen molar-refractivity contribution in [1.82, 2.24) is 14.9 Å². The molecule has 7 nitrogen and oxygen atoms in total. The SMILES string of the molecule is Cc1ccccc1Oc1nc(N(C)Cc2ccccc2)nc2c1CN(C(=O)Nc1cccc(Cl)c1)CC2. The summed E-state index contributed by atoms with van der Waals surface area (Å²) in [4.78, 5) is 26.5. The predicted molar refractivity (Wildman–Crippen MR) is 146 cm³/mol. The summed E-state index contributed by atoms with van der Waals surface area (Å²) in [5.41, 5.74) is 4.51. The summed E-state index contributed by atoms with van der Waals surface area (Å²) < 4.78 is 6.36. The molecule has 1 N–H and O–H groups in total. The van der Waals surface area contributed by atoms with Crippen LogP contribution in [0.2, 0.25) is 5.02 Å². The second-order valence-electron chi connectivity index (χ2n) is 9.08. The van der Waals surface area contributed by atoms with Gasteiger partial charge in [0.25, 0.3) is 0 Å². The number of nitrogens with zero attached hydrogens (tertiary/aromatic N) is 4. The third kappa shape index (κ3) is 5.84. The third-order valence-electron chi connectivity index (χ3n) is 6.28. The van der Waals surface area contributed by atoms with Gasteiger partial charge in [-0.1, -0.05) is 66.2 Å². The third-order valence-corrected chi connectivity index (χ3v) is 6.51. The van der Waals surface area contributed by atoms with Crippen molar-refractivity contribution in [2.24, 2.45) is 0 Å². The Kier molecular flexibility index (Phi) is 7.23. The van der Waals surface area contributed by atoms with Crippen LogP contribution >= 0.6 is 11.6 Å². The lowest BCUT2D eigenvalue weighted by molar-refractivity contribution is 0.205. The number of aryl methyl sites for hydroxylation is 1. The number of carbonyl (C=O) groups excluding carboxylic acids is 1. The van der Waals surface area contributed by atoms with E-state index in [0.29, 0.717) is 48.6 Å². The summed E-state index contributed by atoms with van der Waals surface area (Å²) in [5, 5.41) is 3.50. The fourth-order valence-corrected chi connectivity index (χ4v) is 4.46. The Labute approximate surface area is 221 Å². The normalized spacial score (nSPS) is 12.6. The minimum absolute atomic E-state index is 0.208. The highest BCUT2D eigenvalue weighted by molar-refractivity contribution is 6.30. The van der Waals surface area contributed by atoms with Crippen molar-refractivity contribution in [3.05, 3.63) is 106 Å². The van der Waals surface area contributed by atoms with Crippen LogP contribution in [-0.2, 0) is 19.5 Å². The first-order chi connectivity index (χ1) is 18.0. The van der Waals surface area contributed by atoms with Crippen molar-refractivity contribution in [1.29, 1.82) is 0 Å². The largest absolute Gasteiger partial charge is 0.438 e. The molecule has 2 amide bonds. The van der Waals surface area contributed by atoms with Crippen LogP contribution < -0.4 is 15.0 Å². The molecule has 0 saturated heterocycles. The molecule has 1 aliphatic heterocycles. The van der Waals surface area contributed by atoms with Gasteiger partial charge in [-0.2, -0.15) is 4.98 Å². The van der Waals surface area contributed by atoms with Gasteiger partial charge in [-0.05, 0) is 42.3 Å². The van der Waals surface area contributed by atoms with E-state index in [1.807, 2.05) is 67.4 Å². The Morgan fingerprint density at radius 3 is 2.62 bits per heavy atom. The lowest BCUT2D eigenvalue weighted by atomic mass is 10.1. The number of ether oxygens (including phenoxy) is 1. The Bertz CT molecular complexity index is 1410. The molecule has 0 radical (unpaired) electrons. The highest BCUT2D eigenvalue weighted by Crippen LogP contribution is 2.33. The smallest absolute Gasteiger partial charge is 0.322 e. The molecule has 1 aliphatic rings. The first kappa shape index (κ1) is 24.6. The Morgan fingerprint density at radius 2 is 1.84 bits per heavy atom. The van der Waals surface area contributed by atoms with Gasteiger partial charge in [-0.3, -0.25) is 0 Å². The van der Waals surface area contributed by atoms with E-state index in [1.165, 1.54) is 0 Å². The minimum Gasteiger partial charge on any atom is -0.438 e. The number of rotatable bonds is 6. The number of fused-ring (bicyclic) bond motifs is 1. The monoisotopic (exact) mass is 513 g/mol. The molecule has 0 saturated carbocycles. The highest BCUT2D eigenvalue weighted by atomic mass is 35.5. The average Bonchev–Trinajstić information content (AvgIpc) is 2.90. The van der Waals surface area contributed by atoms with Crippen LogP contribution in [0.1, 0.15) is 22.4 Å². The van der Waals surface area contributed by atoms with Crippen molar-refractivity contribution in [2.75, 3.05) is 23.8 Å². The molecule has 5 rings (SSSR count). The maximum Gasteiger partial charge on any atom is 0.322 e. The number of anilines is 2. The molecular formula is C29H28ClN5O2. The molecule has 3 aromatic carbocycles. The van der Waals surface area contributed by atoms with Gasteiger partial charge >= 0.3 is 6.03 Å². The van der Waals surface area contributed by atoms with E-state index in [1.54, 1.807) is 23.1 Å². The molecule has 2 heterocycles. The van der Waals surface area contributed by atoms with Crippen molar-refractivity contribution >= 4 is 29.3 Å². The number of para-hydroxylation sites is 1. The lowest BCUT2D eigenvalue weighted by Crippen LogP contribution is -2.39. The second-order valence-corrected chi connectivity index (χ2v) is 9.51. The van der Waals surface area contributed by atoms with Gasteiger partial charge in [-0.25, -0.2) is 9.78 Å². The number of hydrogen-bond acceptors (Lipinski definition) is 5. The summed E-state index contributed by atoms with van der Waals surface area (Å²) in [5.74, 6) is 1.78. The van der Waals surface area contributed by atoms with Crippen LogP contribution in [0.5, 0.6) is 11.6 Å². The number of aromatic nitrogens is 2. The molecule has 0 bridgehead atoms. The molecule has 4 aromatic rings. The first-order valence-electron chi connectivity index (χ1n) is 12.2. The van der Waals surface area contributed by atoms with Gasteiger partial charge in [0.1, 0.15) is 5.75 Å². The Morgan fingerprint density at radius 1 is 1.05 bits per heavy atom. The summed E-state index contributed by atoms with van der Waals surface area (Å²) in [6.07, 6.45) is 0.594. The molecule has 0 fully saturated rings. The van der Waals surface area contributed by atoms with Crippen molar-refractivity contribution in [3.8, 4) is 11.6 Å². The molecule has 0 unspecified atom stereocenters. The van der Waals surface area contributed by atoms with E-state index in [4.69, 9.17) is 26.3 Å². The average molecular weight is 514 g/mol. The topological polar surface area (TPSA) is 70.6 Å². The number of nitrogens with one attached hydrogen (secondary N) is 1. The summed E-state index contributed by atoms with van der Waals surface area (Å²) in [6, 6.07) is 24.9. The van der Waals surface area contributed by atoms with Crippen LogP contribution in [0.4, 0.5) is 16.4 Å². The van der Waals surface area contributed by atoms with Gasteiger partial charge in [0.15, 0.2) is 0 Å². The Balaban J connectivity index is 1.44. The van der Waals surface area contributed by atoms with E-state index in [2.05, 4.69) is 17.4 Å². The van der Waals surface area contributed by atoms with Gasteiger partial charge < -0.3 is 19.9 Å². The number of hydrogen-bond donors (Lipinski definition) is 1. The molecule has 0 atom stereocenters. The van der Waals surface area contributed by atoms with Crippen LogP contribution in [0.3, 0.4) is 0 Å². The van der Waals surface area contributed by atoms with E-state index in [9.17, 15) is 4.79 Å². The van der Waals surface area contributed by atoms with Crippen molar-refractivity contribution < 1.29 is 9.53 Å². The number of urea groups is 1. The zero-order valence-electron chi connectivity index (χ0n) is 20.8. The van der Waals surface area contributed by atoms with Gasteiger partial charge in [0, 0.05) is 37.3 Å². The summed E-state index contributed by atoms with van der Waals surface area (Å²) in [7, 11) is 1.97. The van der Waals surface area contributed by atoms with Crippen LogP contribution in [0.25, 0.3) is 0 Å². The molecule has 8 heteroatoms. The standard InChI is InChI=1S/C29H28ClN5O2/c1-20-9-6-7-14-26(20)37-27-24-19-35(29(36)31-23-13-8-12-22(30)17-23)16-15-25(24)32-28(33-27)34(2)18-21-10-4-3-5-11-21/h3-14,17H,15-16,18-19H2,1-2H3,(H,31,36). The van der Waals surface area contributed by atoms with Crippen LogP contribution in [0, 0.1) is 6.92 Å². The highest BCUT2D eigenvalue weighted by Gasteiger charge is 2.28. The predicted octanol–water partition coefficient (Wildman–Crippen LogP) is 6.46. The number of carbonyl (C=O) groups is 1. The second kappa shape index (κ2) is 10.9. The van der Waals surface area contributed by atoms with E-state index >= 15 is 0 Å². The summed E-state index contributed by atoms with van der Waals surface area (Å²) >= 11 is 6.08. The zero-order valence-corrected chi connectivity index (χ0v) is 21.6. The fourth-order valence-electron chi connectivity index (χ4n) is 4.27. The first-order valence-corrected chi connectivity index (χ1v) is 12.5. The minimum atomic E-state index is -0.208. The van der Waals surface area contributed by atoms with E-state index in [-0.39, 0.29) is 6.03 Å². The maximum atomic E-state index is 13.1. The molecule has 1 aromatic heterocycles. The van der Waals surface area contributed by atoms with E-state index in [0.717, 1.165) is 28.1 Å².